The van der Waals surface area contributed by atoms with Gasteiger partial charge in [-0.3, -0.25) is 9.59 Å². The standard InChI is InChI=1S/C21H19FN2O2/c1-24(14-15-9-10-16-5-2-3-6-17(16)11-15)20(25)13-23-21(26)18-7-4-8-19(22)12-18/h2-12H,13-14H2,1H3,(H,23,26). The Labute approximate surface area is 151 Å². The first-order chi connectivity index (χ1) is 12.5. The number of carbonyl (C=O) groups excluding carboxylic acids is 2. The minimum absolute atomic E-state index is 0.139. The van der Waals surface area contributed by atoms with Gasteiger partial charge in [0.1, 0.15) is 5.82 Å². The van der Waals surface area contributed by atoms with Gasteiger partial charge in [0.15, 0.2) is 0 Å². The molecule has 0 spiro atoms. The Morgan fingerprint density at radius 3 is 2.50 bits per heavy atom. The molecule has 0 heterocycles. The largest absolute Gasteiger partial charge is 0.343 e. The number of likely N-dealkylation sites (N-methyl/N-ethyl adjacent to an activating group) is 1. The molecule has 0 aliphatic carbocycles. The Morgan fingerprint density at radius 2 is 1.73 bits per heavy atom. The molecule has 4 nitrogen and oxygen atoms in total. The predicted octanol–water partition coefficient (Wildman–Crippen LogP) is 3.37. The molecule has 0 atom stereocenters. The smallest absolute Gasteiger partial charge is 0.251 e. The topological polar surface area (TPSA) is 49.4 Å². The summed E-state index contributed by atoms with van der Waals surface area (Å²) < 4.78 is 13.2. The molecular formula is C21H19FN2O2. The van der Waals surface area contributed by atoms with Crippen molar-refractivity contribution in [1.29, 1.82) is 0 Å². The number of nitrogens with zero attached hydrogens (tertiary/aromatic N) is 1. The maximum absolute atomic E-state index is 13.2. The van der Waals surface area contributed by atoms with E-state index in [-0.39, 0.29) is 18.0 Å². The average molecular weight is 350 g/mol. The summed E-state index contributed by atoms with van der Waals surface area (Å²) in [4.78, 5) is 25.8. The number of halogens is 1. The second kappa shape index (κ2) is 7.78. The second-order valence-electron chi connectivity index (χ2n) is 6.12. The van der Waals surface area contributed by atoms with Gasteiger partial charge >= 0.3 is 0 Å². The molecule has 3 aromatic carbocycles. The first-order valence-corrected chi connectivity index (χ1v) is 8.28. The van der Waals surface area contributed by atoms with Crippen molar-refractivity contribution < 1.29 is 14.0 Å². The highest BCUT2D eigenvalue weighted by molar-refractivity contribution is 5.96. The molecule has 1 N–H and O–H groups in total. The van der Waals surface area contributed by atoms with Crippen LogP contribution in [0.5, 0.6) is 0 Å². The molecular weight excluding hydrogens is 331 g/mol. The van der Waals surface area contributed by atoms with Gasteiger partial charge in [-0.1, -0.05) is 42.5 Å². The fourth-order valence-corrected chi connectivity index (χ4v) is 2.72. The van der Waals surface area contributed by atoms with E-state index < -0.39 is 11.7 Å². The van der Waals surface area contributed by atoms with Crippen LogP contribution >= 0.6 is 0 Å². The fourth-order valence-electron chi connectivity index (χ4n) is 2.72. The number of hydrogen-bond donors (Lipinski definition) is 1. The molecule has 0 saturated carbocycles. The van der Waals surface area contributed by atoms with E-state index in [9.17, 15) is 14.0 Å². The van der Waals surface area contributed by atoms with Crippen LogP contribution < -0.4 is 5.32 Å². The Balaban J connectivity index is 1.57. The van der Waals surface area contributed by atoms with Crippen molar-refractivity contribution >= 4 is 22.6 Å². The molecule has 26 heavy (non-hydrogen) atoms. The number of fused-ring (bicyclic) bond motifs is 1. The van der Waals surface area contributed by atoms with Crippen LogP contribution in [0.3, 0.4) is 0 Å². The average Bonchev–Trinajstić information content (AvgIpc) is 2.65. The molecule has 0 fully saturated rings. The zero-order valence-electron chi connectivity index (χ0n) is 14.4. The van der Waals surface area contributed by atoms with Crippen LogP contribution in [0.2, 0.25) is 0 Å². The summed E-state index contributed by atoms with van der Waals surface area (Å²) in [7, 11) is 1.69. The molecule has 0 bridgehead atoms. The maximum Gasteiger partial charge on any atom is 0.251 e. The number of carbonyl (C=O) groups is 2. The minimum Gasteiger partial charge on any atom is -0.343 e. The zero-order valence-corrected chi connectivity index (χ0v) is 14.4. The van der Waals surface area contributed by atoms with Crippen LogP contribution in [0.15, 0.2) is 66.7 Å². The van der Waals surface area contributed by atoms with E-state index in [0.717, 1.165) is 22.4 Å². The monoisotopic (exact) mass is 350 g/mol. The van der Waals surface area contributed by atoms with Crippen LogP contribution in [0, 0.1) is 5.82 Å². The zero-order chi connectivity index (χ0) is 18.5. The lowest BCUT2D eigenvalue weighted by Gasteiger charge is -2.18. The van der Waals surface area contributed by atoms with Gasteiger partial charge in [0.25, 0.3) is 5.91 Å². The van der Waals surface area contributed by atoms with Crippen molar-refractivity contribution in [3.63, 3.8) is 0 Å². The summed E-state index contributed by atoms with van der Waals surface area (Å²) in [5, 5.41) is 4.79. The van der Waals surface area contributed by atoms with Gasteiger partial charge in [0, 0.05) is 19.2 Å². The minimum atomic E-state index is -0.489. The predicted molar refractivity (Wildman–Crippen MR) is 99.2 cm³/mol. The van der Waals surface area contributed by atoms with E-state index in [1.54, 1.807) is 11.9 Å². The van der Waals surface area contributed by atoms with E-state index in [1.807, 2.05) is 42.5 Å². The van der Waals surface area contributed by atoms with Gasteiger partial charge in [-0.15, -0.1) is 0 Å². The number of amides is 2. The normalized spacial score (nSPS) is 10.5. The molecule has 0 aliphatic heterocycles. The van der Waals surface area contributed by atoms with E-state index in [4.69, 9.17) is 0 Å². The maximum atomic E-state index is 13.2. The summed E-state index contributed by atoms with van der Waals surface area (Å²) in [6.07, 6.45) is 0. The first-order valence-electron chi connectivity index (χ1n) is 8.28. The number of hydrogen-bond acceptors (Lipinski definition) is 2. The lowest BCUT2D eigenvalue weighted by atomic mass is 10.1. The fraction of sp³-hybridized carbons (Fsp3) is 0.143. The van der Waals surface area contributed by atoms with Crippen LogP contribution in [0.25, 0.3) is 10.8 Å². The highest BCUT2D eigenvalue weighted by Crippen LogP contribution is 2.16. The summed E-state index contributed by atoms with van der Waals surface area (Å²) in [6, 6.07) is 19.4. The molecule has 132 valence electrons. The van der Waals surface area contributed by atoms with E-state index in [2.05, 4.69) is 5.32 Å². The molecule has 0 radical (unpaired) electrons. The molecule has 0 aliphatic rings. The summed E-state index contributed by atoms with van der Waals surface area (Å²) in [5.41, 5.74) is 1.20. The van der Waals surface area contributed by atoms with Crippen molar-refractivity contribution in [3.8, 4) is 0 Å². The molecule has 0 unspecified atom stereocenters. The van der Waals surface area contributed by atoms with Gasteiger partial charge in [0.2, 0.25) is 5.91 Å². The van der Waals surface area contributed by atoms with E-state index >= 15 is 0 Å². The summed E-state index contributed by atoms with van der Waals surface area (Å²) >= 11 is 0. The number of rotatable bonds is 5. The van der Waals surface area contributed by atoms with Crippen molar-refractivity contribution in [2.24, 2.45) is 0 Å². The van der Waals surface area contributed by atoms with Crippen molar-refractivity contribution in [2.45, 2.75) is 6.54 Å². The highest BCUT2D eigenvalue weighted by atomic mass is 19.1. The molecule has 3 aromatic rings. The Morgan fingerprint density at radius 1 is 0.962 bits per heavy atom. The lowest BCUT2D eigenvalue weighted by Crippen LogP contribution is -2.37. The molecule has 5 heteroatoms. The first kappa shape index (κ1) is 17.6. The van der Waals surface area contributed by atoms with Gasteiger partial charge in [-0.05, 0) is 40.6 Å². The summed E-state index contributed by atoms with van der Waals surface area (Å²) in [6.45, 7) is 0.304. The Hall–Kier alpha value is -3.21. The van der Waals surface area contributed by atoms with Gasteiger partial charge in [-0.25, -0.2) is 4.39 Å². The molecule has 3 rings (SSSR count). The van der Waals surface area contributed by atoms with Gasteiger partial charge < -0.3 is 10.2 Å². The Bertz CT molecular complexity index is 955. The SMILES string of the molecule is CN(Cc1ccc2ccccc2c1)C(=O)CNC(=O)c1cccc(F)c1. The van der Waals surface area contributed by atoms with Gasteiger partial charge in [-0.2, -0.15) is 0 Å². The molecule has 0 saturated heterocycles. The third kappa shape index (κ3) is 4.25. The number of nitrogens with one attached hydrogen (secondary N) is 1. The van der Waals surface area contributed by atoms with Crippen LogP contribution in [0.4, 0.5) is 4.39 Å². The van der Waals surface area contributed by atoms with Crippen molar-refractivity contribution in [3.05, 3.63) is 83.7 Å². The quantitative estimate of drug-likeness (QED) is 0.767. The third-order valence-corrected chi connectivity index (χ3v) is 4.15. The van der Waals surface area contributed by atoms with Gasteiger partial charge in [0.05, 0.1) is 6.54 Å². The Kier molecular flexibility index (Phi) is 5.27. The van der Waals surface area contributed by atoms with E-state index in [1.165, 1.54) is 18.2 Å². The molecule has 0 aromatic heterocycles. The number of benzene rings is 3. The van der Waals surface area contributed by atoms with Crippen molar-refractivity contribution in [1.82, 2.24) is 10.2 Å². The van der Waals surface area contributed by atoms with Crippen LogP contribution in [0.1, 0.15) is 15.9 Å². The summed E-state index contributed by atoms with van der Waals surface area (Å²) in [5.74, 6) is -1.18. The third-order valence-electron chi connectivity index (χ3n) is 4.15. The second-order valence-corrected chi connectivity index (χ2v) is 6.12. The molecule has 2 amide bonds. The van der Waals surface area contributed by atoms with Crippen LogP contribution in [-0.2, 0) is 11.3 Å². The van der Waals surface area contributed by atoms with E-state index in [0.29, 0.717) is 6.54 Å². The highest BCUT2D eigenvalue weighted by Gasteiger charge is 2.12. The van der Waals surface area contributed by atoms with Crippen molar-refractivity contribution in [2.75, 3.05) is 13.6 Å². The van der Waals surface area contributed by atoms with Crippen LogP contribution in [-0.4, -0.2) is 30.3 Å². The lowest BCUT2D eigenvalue weighted by molar-refractivity contribution is -0.129.